The smallest absolute Gasteiger partial charge is 0.416 e. The third-order valence-electron chi connectivity index (χ3n) is 2.62. The van der Waals surface area contributed by atoms with Crippen molar-refractivity contribution in [2.75, 3.05) is 0 Å². The minimum Gasteiger partial charge on any atom is -0.505 e. The highest BCUT2D eigenvalue weighted by atomic mass is 19.4. The van der Waals surface area contributed by atoms with E-state index < -0.39 is 35.7 Å². The second kappa shape index (κ2) is 5.59. The summed E-state index contributed by atoms with van der Waals surface area (Å²) in [5.41, 5.74) is -1.26. The molecule has 0 aliphatic rings. The summed E-state index contributed by atoms with van der Waals surface area (Å²) in [6.07, 6.45) is -4.69. The van der Waals surface area contributed by atoms with Gasteiger partial charge in [-0.2, -0.15) is 17.6 Å². The van der Waals surface area contributed by atoms with Gasteiger partial charge in [-0.15, -0.1) is 0 Å². The Hall–Kier alpha value is -2.31. The van der Waals surface area contributed by atoms with Crippen molar-refractivity contribution in [2.24, 2.45) is 0 Å². The van der Waals surface area contributed by atoms with Gasteiger partial charge in [-0.3, -0.25) is 0 Å². The van der Waals surface area contributed by atoms with Crippen molar-refractivity contribution >= 4 is 0 Å². The minimum atomic E-state index is -4.69. The lowest BCUT2D eigenvalue weighted by atomic mass is 10.1. The van der Waals surface area contributed by atoms with Crippen LogP contribution in [0.4, 0.5) is 22.0 Å². The molecule has 2 aromatic rings. The number of benzene rings is 2. The van der Waals surface area contributed by atoms with Crippen LogP contribution >= 0.6 is 0 Å². The van der Waals surface area contributed by atoms with Gasteiger partial charge in [-0.1, -0.05) is 6.07 Å². The maximum Gasteiger partial charge on any atom is 0.416 e. The first-order valence-corrected chi connectivity index (χ1v) is 5.74. The molecule has 0 aliphatic heterocycles. The van der Waals surface area contributed by atoms with Crippen LogP contribution in [0.15, 0.2) is 36.4 Å². The summed E-state index contributed by atoms with van der Waals surface area (Å²) in [7, 11) is 0. The van der Waals surface area contributed by atoms with Crippen LogP contribution in [0.25, 0.3) is 0 Å². The first-order valence-electron chi connectivity index (χ1n) is 5.74. The number of alkyl halides is 3. The van der Waals surface area contributed by atoms with Crippen molar-refractivity contribution in [3.63, 3.8) is 0 Å². The molecule has 0 aliphatic carbocycles. The van der Waals surface area contributed by atoms with Gasteiger partial charge < -0.3 is 9.84 Å². The van der Waals surface area contributed by atoms with Crippen molar-refractivity contribution < 1.29 is 31.8 Å². The second-order valence-electron chi connectivity index (χ2n) is 4.22. The number of halogens is 5. The summed E-state index contributed by atoms with van der Waals surface area (Å²) >= 11 is 0. The van der Waals surface area contributed by atoms with Gasteiger partial charge in [-0.05, 0) is 35.9 Å². The molecule has 0 heterocycles. The zero-order valence-electron chi connectivity index (χ0n) is 10.4. The highest BCUT2D eigenvalue weighted by molar-refractivity contribution is 5.35. The molecule has 0 fully saturated rings. The Bertz CT molecular complexity index is 652. The Morgan fingerprint density at radius 2 is 1.76 bits per heavy atom. The third-order valence-corrected chi connectivity index (χ3v) is 2.62. The molecule has 0 unspecified atom stereocenters. The van der Waals surface area contributed by atoms with Gasteiger partial charge in [-0.25, -0.2) is 4.39 Å². The van der Waals surface area contributed by atoms with Gasteiger partial charge >= 0.3 is 6.18 Å². The van der Waals surface area contributed by atoms with E-state index in [1.165, 1.54) is 12.1 Å². The van der Waals surface area contributed by atoms with E-state index in [4.69, 9.17) is 9.84 Å². The molecule has 0 amide bonds. The number of phenols is 1. The number of phenolic OH excluding ortho intramolecular Hbond substituents is 1. The molecule has 0 atom stereocenters. The standard InChI is InChI=1S/C14H9F5O2/c15-10-5-8(4-9(6-10)14(17,18)19)7-21-12-3-1-2-11(20)13(12)16/h1-6,20H,7H2. The summed E-state index contributed by atoms with van der Waals surface area (Å²) in [5.74, 6) is -3.10. The van der Waals surface area contributed by atoms with Crippen molar-refractivity contribution in [3.8, 4) is 11.5 Å². The van der Waals surface area contributed by atoms with E-state index >= 15 is 0 Å². The van der Waals surface area contributed by atoms with Gasteiger partial charge in [0.15, 0.2) is 11.5 Å². The van der Waals surface area contributed by atoms with Crippen LogP contribution < -0.4 is 4.74 Å². The zero-order valence-corrected chi connectivity index (χ0v) is 10.4. The van der Waals surface area contributed by atoms with E-state index in [1.54, 1.807) is 0 Å². The number of aromatic hydroxyl groups is 1. The summed E-state index contributed by atoms with van der Waals surface area (Å²) in [4.78, 5) is 0. The highest BCUT2D eigenvalue weighted by Gasteiger charge is 2.31. The minimum absolute atomic E-state index is 0.106. The Morgan fingerprint density at radius 3 is 2.43 bits per heavy atom. The lowest BCUT2D eigenvalue weighted by Gasteiger charge is -2.11. The Balaban J connectivity index is 2.21. The van der Waals surface area contributed by atoms with Crippen molar-refractivity contribution in [1.29, 1.82) is 0 Å². The summed E-state index contributed by atoms with van der Waals surface area (Å²) < 4.78 is 69.1. The van der Waals surface area contributed by atoms with Crippen LogP contribution in [0.2, 0.25) is 0 Å². The molecule has 21 heavy (non-hydrogen) atoms. The van der Waals surface area contributed by atoms with Crippen molar-refractivity contribution in [1.82, 2.24) is 0 Å². The SMILES string of the molecule is Oc1cccc(OCc2cc(F)cc(C(F)(F)F)c2)c1F. The van der Waals surface area contributed by atoms with E-state index in [1.807, 2.05) is 0 Å². The summed E-state index contributed by atoms with van der Waals surface area (Å²) in [5, 5.41) is 9.13. The first-order chi connectivity index (χ1) is 9.77. The Morgan fingerprint density at radius 1 is 1.05 bits per heavy atom. The van der Waals surface area contributed by atoms with E-state index in [0.29, 0.717) is 12.1 Å². The maximum absolute atomic E-state index is 13.4. The lowest BCUT2D eigenvalue weighted by Crippen LogP contribution is -2.07. The van der Waals surface area contributed by atoms with Crippen LogP contribution in [0, 0.1) is 11.6 Å². The maximum atomic E-state index is 13.4. The van der Waals surface area contributed by atoms with Gasteiger partial charge in [0.1, 0.15) is 12.4 Å². The largest absolute Gasteiger partial charge is 0.505 e. The molecule has 7 heteroatoms. The molecule has 0 bridgehead atoms. The van der Waals surface area contributed by atoms with Gasteiger partial charge in [0.25, 0.3) is 0 Å². The zero-order chi connectivity index (χ0) is 15.6. The summed E-state index contributed by atoms with van der Waals surface area (Å²) in [6, 6.07) is 5.52. The van der Waals surface area contributed by atoms with Gasteiger partial charge in [0, 0.05) is 0 Å². The van der Waals surface area contributed by atoms with Crippen LogP contribution in [0.3, 0.4) is 0 Å². The average molecular weight is 304 g/mol. The molecule has 112 valence electrons. The Labute approximate surface area is 116 Å². The molecule has 0 radical (unpaired) electrons. The molecule has 2 aromatic carbocycles. The van der Waals surface area contributed by atoms with Crippen LogP contribution in [-0.4, -0.2) is 5.11 Å². The van der Waals surface area contributed by atoms with Crippen molar-refractivity contribution in [2.45, 2.75) is 12.8 Å². The quantitative estimate of drug-likeness (QED) is 0.858. The predicted molar refractivity (Wildman–Crippen MR) is 63.8 cm³/mol. The second-order valence-corrected chi connectivity index (χ2v) is 4.22. The average Bonchev–Trinajstić information content (AvgIpc) is 2.39. The van der Waals surface area contributed by atoms with E-state index in [2.05, 4.69) is 0 Å². The molecule has 1 N–H and O–H groups in total. The van der Waals surface area contributed by atoms with Gasteiger partial charge in [0.2, 0.25) is 5.82 Å². The fourth-order valence-corrected chi connectivity index (χ4v) is 1.67. The number of rotatable bonds is 3. The molecule has 2 nitrogen and oxygen atoms in total. The fourth-order valence-electron chi connectivity index (χ4n) is 1.67. The summed E-state index contributed by atoms with van der Waals surface area (Å²) in [6.45, 7) is -0.471. The van der Waals surface area contributed by atoms with E-state index in [-0.39, 0.29) is 11.3 Å². The normalized spacial score (nSPS) is 11.5. The monoisotopic (exact) mass is 304 g/mol. The number of hydrogen-bond donors (Lipinski definition) is 1. The molecule has 0 spiro atoms. The van der Waals surface area contributed by atoms with E-state index in [9.17, 15) is 22.0 Å². The predicted octanol–water partition coefficient (Wildman–Crippen LogP) is 4.27. The molecule has 0 saturated carbocycles. The first kappa shape index (κ1) is 15.1. The lowest BCUT2D eigenvalue weighted by molar-refractivity contribution is -0.137. The third kappa shape index (κ3) is 3.62. The Kier molecular flexibility index (Phi) is 4.02. The molecular formula is C14H9F5O2. The number of hydrogen-bond acceptors (Lipinski definition) is 2. The highest BCUT2D eigenvalue weighted by Crippen LogP contribution is 2.31. The van der Waals surface area contributed by atoms with E-state index in [0.717, 1.165) is 12.1 Å². The van der Waals surface area contributed by atoms with Crippen LogP contribution in [0.1, 0.15) is 11.1 Å². The molecular weight excluding hydrogens is 295 g/mol. The van der Waals surface area contributed by atoms with Gasteiger partial charge in [0.05, 0.1) is 5.56 Å². The van der Waals surface area contributed by atoms with Crippen molar-refractivity contribution in [3.05, 3.63) is 59.2 Å². The van der Waals surface area contributed by atoms with Crippen LogP contribution in [-0.2, 0) is 12.8 Å². The number of ether oxygens (including phenoxy) is 1. The molecule has 2 rings (SSSR count). The fraction of sp³-hybridized carbons (Fsp3) is 0.143. The molecule has 0 aromatic heterocycles. The topological polar surface area (TPSA) is 29.5 Å². The molecule has 0 saturated heterocycles. The van der Waals surface area contributed by atoms with Crippen LogP contribution in [0.5, 0.6) is 11.5 Å².